The summed E-state index contributed by atoms with van der Waals surface area (Å²) in [7, 11) is 1.52. The van der Waals surface area contributed by atoms with Gasteiger partial charge in [0.2, 0.25) is 5.91 Å². The molecule has 2 atom stereocenters. The maximum Gasteiger partial charge on any atom is 0.323 e. The van der Waals surface area contributed by atoms with Crippen LogP contribution in [-0.2, 0) is 9.59 Å². The van der Waals surface area contributed by atoms with Gasteiger partial charge in [-0.05, 0) is 12.8 Å². The molecule has 0 heterocycles. The third-order valence-corrected chi connectivity index (χ3v) is 3.14. The molecule has 3 N–H and O–H groups in total. The van der Waals surface area contributed by atoms with Crippen LogP contribution in [0.4, 0.5) is 0 Å². The van der Waals surface area contributed by atoms with Gasteiger partial charge in [-0.2, -0.15) is 0 Å². The zero-order valence-corrected chi connectivity index (χ0v) is 9.69. The Kier molecular flexibility index (Phi) is 4.73. The Morgan fingerprint density at radius 3 is 2.56 bits per heavy atom. The zero-order valence-electron chi connectivity index (χ0n) is 9.69. The van der Waals surface area contributed by atoms with Crippen LogP contribution >= 0.6 is 0 Å². The molecule has 0 bridgehead atoms. The van der Waals surface area contributed by atoms with E-state index in [9.17, 15) is 9.59 Å². The van der Waals surface area contributed by atoms with Crippen molar-refractivity contribution in [2.24, 2.45) is 11.7 Å². The van der Waals surface area contributed by atoms with Gasteiger partial charge in [0.05, 0.1) is 5.92 Å². The summed E-state index contributed by atoms with van der Waals surface area (Å²) in [5, 5.41) is 8.63. The number of carboxylic acids is 1. The molecule has 0 aromatic carbocycles. The number of nitrogens with zero attached hydrogens (tertiary/aromatic N) is 1. The highest BCUT2D eigenvalue weighted by Gasteiger charge is 2.29. The monoisotopic (exact) mass is 228 g/mol. The average Bonchev–Trinajstić information content (AvgIpc) is 2.40. The molecule has 0 aromatic heterocycles. The summed E-state index contributed by atoms with van der Waals surface area (Å²) in [6.07, 6.45) is 4.82. The van der Waals surface area contributed by atoms with Crippen LogP contribution in [0.15, 0.2) is 0 Å². The summed E-state index contributed by atoms with van der Waals surface area (Å²) in [6, 6.07) is -0.119. The number of aliphatic carboxylic acids is 1. The van der Waals surface area contributed by atoms with E-state index in [1.54, 1.807) is 0 Å². The molecule has 92 valence electrons. The highest BCUT2D eigenvalue weighted by Crippen LogP contribution is 2.23. The largest absolute Gasteiger partial charge is 0.480 e. The molecule has 1 fully saturated rings. The van der Waals surface area contributed by atoms with Crippen molar-refractivity contribution in [3.05, 3.63) is 0 Å². The molecule has 5 nitrogen and oxygen atoms in total. The van der Waals surface area contributed by atoms with Gasteiger partial charge in [-0.3, -0.25) is 9.59 Å². The number of carbonyl (C=O) groups is 2. The van der Waals surface area contributed by atoms with E-state index < -0.39 is 5.97 Å². The van der Waals surface area contributed by atoms with Crippen LogP contribution in [0.5, 0.6) is 0 Å². The number of carboxylic acid groups (broad SMARTS) is 1. The van der Waals surface area contributed by atoms with Gasteiger partial charge in [0, 0.05) is 13.1 Å². The highest BCUT2D eigenvalue weighted by molar-refractivity contribution is 5.83. The number of hydrogen-bond acceptors (Lipinski definition) is 3. The summed E-state index contributed by atoms with van der Waals surface area (Å²) >= 11 is 0. The van der Waals surface area contributed by atoms with Crippen molar-refractivity contribution in [1.82, 2.24) is 4.90 Å². The van der Waals surface area contributed by atoms with E-state index in [1.807, 2.05) is 0 Å². The summed E-state index contributed by atoms with van der Waals surface area (Å²) in [4.78, 5) is 23.8. The lowest BCUT2D eigenvalue weighted by Gasteiger charge is -2.25. The topological polar surface area (TPSA) is 83.6 Å². The second-order valence-electron chi connectivity index (χ2n) is 4.50. The van der Waals surface area contributed by atoms with Gasteiger partial charge in [0.1, 0.15) is 6.54 Å². The number of rotatable bonds is 3. The highest BCUT2D eigenvalue weighted by atomic mass is 16.4. The van der Waals surface area contributed by atoms with Crippen LogP contribution in [0.3, 0.4) is 0 Å². The molecule has 0 saturated heterocycles. The number of nitrogens with two attached hydrogens (primary N) is 1. The van der Waals surface area contributed by atoms with Crippen molar-refractivity contribution < 1.29 is 14.7 Å². The number of amides is 1. The van der Waals surface area contributed by atoms with E-state index in [0.29, 0.717) is 0 Å². The van der Waals surface area contributed by atoms with Crippen LogP contribution in [0.2, 0.25) is 0 Å². The molecule has 1 saturated carbocycles. The minimum Gasteiger partial charge on any atom is -0.480 e. The lowest BCUT2D eigenvalue weighted by atomic mass is 9.94. The van der Waals surface area contributed by atoms with Crippen LogP contribution in [0.25, 0.3) is 0 Å². The molecule has 5 heteroatoms. The number of hydrogen-bond donors (Lipinski definition) is 2. The maximum atomic E-state index is 12.0. The van der Waals surface area contributed by atoms with Gasteiger partial charge in [0.25, 0.3) is 0 Å². The molecule has 0 aliphatic heterocycles. The quantitative estimate of drug-likeness (QED) is 0.686. The lowest BCUT2D eigenvalue weighted by Crippen LogP contribution is -2.43. The standard InChI is InChI=1S/C11H20N2O3/c1-13(7-10(14)15)11(16)8-5-3-2-4-6-9(8)12/h8-9H,2-7,12H2,1H3,(H,14,15). The summed E-state index contributed by atoms with van der Waals surface area (Å²) in [6.45, 7) is -0.248. The first-order valence-corrected chi connectivity index (χ1v) is 5.74. The summed E-state index contributed by atoms with van der Waals surface area (Å²) in [5.41, 5.74) is 5.95. The van der Waals surface area contributed by atoms with Crippen molar-refractivity contribution >= 4 is 11.9 Å². The molecule has 1 rings (SSSR count). The van der Waals surface area contributed by atoms with Crippen molar-refractivity contribution in [2.45, 2.75) is 38.1 Å². The Hall–Kier alpha value is -1.10. The molecule has 1 amide bonds. The first-order valence-electron chi connectivity index (χ1n) is 5.74. The van der Waals surface area contributed by atoms with Gasteiger partial charge in [-0.25, -0.2) is 0 Å². The first kappa shape index (κ1) is 13.0. The molecular weight excluding hydrogens is 208 g/mol. The Balaban J connectivity index is 2.59. The third-order valence-electron chi connectivity index (χ3n) is 3.14. The third kappa shape index (κ3) is 3.48. The van der Waals surface area contributed by atoms with Gasteiger partial charge >= 0.3 is 5.97 Å². The smallest absolute Gasteiger partial charge is 0.323 e. The van der Waals surface area contributed by atoms with Crippen molar-refractivity contribution in [1.29, 1.82) is 0 Å². The van der Waals surface area contributed by atoms with E-state index in [1.165, 1.54) is 11.9 Å². The zero-order chi connectivity index (χ0) is 12.1. The summed E-state index contributed by atoms with van der Waals surface area (Å²) < 4.78 is 0. The molecule has 0 spiro atoms. The van der Waals surface area contributed by atoms with Gasteiger partial charge in [0.15, 0.2) is 0 Å². The molecule has 2 unspecified atom stereocenters. The average molecular weight is 228 g/mol. The van der Waals surface area contributed by atoms with Gasteiger partial charge in [-0.1, -0.05) is 19.3 Å². The molecule has 16 heavy (non-hydrogen) atoms. The first-order chi connectivity index (χ1) is 7.52. The minimum absolute atomic E-state index is 0.119. The summed E-state index contributed by atoms with van der Waals surface area (Å²) in [5.74, 6) is -1.32. The van der Waals surface area contributed by atoms with E-state index >= 15 is 0 Å². The fraction of sp³-hybridized carbons (Fsp3) is 0.818. The molecular formula is C11H20N2O3. The van der Waals surface area contributed by atoms with Crippen molar-refractivity contribution in [3.63, 3.8) is 0 Å². The molecule has 1 aliphatic rings. The van der Waals surface area contributed by atoms with Crippen LogP contribution in [-0.4, -0.2) is 41.5 Å². The van der Waals surface area contributed by atoms with Gasteiger partial charge < -0.3 is 15.7 Å². The maximum absolute atomic E-state index is 12.0. The lowest BCUT2D eigenvalue weighted by molar-refractivity contribution is -0.145. The molecule has 0 radical (unpaired) electrons. The second kappa shape index (κ2) is 5.84. The van der Waals surface area contributed by atoms with E-state index in [4.69, 9.17) is 10.8 Å². The number of likely N-dealkylation sites (N-methyl/N-ethyl adjacent to an activating group) is 1. The minimum atomic E-state index is -0.988. The van der Waals surface area contributed by atoms with Crippen LogP contribution in [0.1, 0.15) is 32.1 Å². The fourth-order valence-corrected chi connectivity index (χ4v) is 2.21. The predicted molar refractivity (Wildman–Crippen MR) is 59.8 cm³/mol. The Labute approximate surface area is 95.6 Å². The SMILES string of the molecule is CN(CC(=O)O)C(=O)C1CCCCCC1N. The Morgan fingerprint density at radius 1 is 1.31 bits per heavy atom. The van der Waals surface area contributed by atoms with Gasteiger partial charge in [-0.15, -0.1) is 0 Å². The predicted octanol–water partition coefficient (Wildman–Crippen LogP) is 0.437. The fourth-order valence-electron chi connectivity index (χ4n) is 2.21. The van der Waals surface area contributed by atoms with Crippen molar-refractivity contribution in [2.75, 3.05) is 13.6 Å². The van der Waals surface area contributed by atoms with Crippen LogP contribution in [0, 0.1) is 5.92 Å². The molecule has 0 aromatic rings. The number of carbonyl (C=O) groups excluding carboxylic acids is 1. The second-order valence-corrected chi connectivity index (χ2v) is 4.50. The van der Waals surface area contributed by atoms with Crippen molar-refractivity contribution in [3.8, 4) is 0 Å². The molecule has 1 aliphatic carbocycles. The van der Waals surface area contributed by atoms with E-state index in [-0.39, 0.29) is 24.4 Å². The van der Waals surface area contributed by atoms with E-state index in [2.05, 4.69) is 0 Å². The normalized spacial score (nSPS) is 25.9. The van der Waals surface area contributed by atoms with E-state index in [0.717, 1.165) is 32.1 Å². The van der Waals surface area contributed by atoms with Crippen LogP contribution < -0.4 is 5.73 Å². The Morgan fingerprint density at radius 2 is 1.94 bits per heavy atom. The Bertz CT molecular complexity index is 268.